The van der Waals surface area contributed by atoms with E-state index in [-0.39, 0.29) is 24.2 Å². The summed E-state index contributed by atoms with van der Waals surface area (Å²) in [6.07, 6.45) is 1.51. The molecule has 1 atom stereocenters. The summed E-state index contributed by atoms with van der Waals surface area (Å²) >= 11 is 0. The highest BCUT2D eigenvalue weighted by molar-refractivity contribution is 5.98. The number of amides is 4. The molecule has 0 aliphatic rings. The lowest BCUT2D eigenvalue weighted by Crippen LogP contribution is -2.47. The number of hydrogen-bond acceptors (Lipinski definition) is 3. The number of carbonyl (C=O) groups excluding carboxylic acids is 3. The van der Waals surface area contributed by atoms with Gasteiger partial charge in [-0.2, -0.15) is 0 Å². The molecule has 0 spiro atoms. The molecule has 0 saturated carbocycles. The zero-order valence-corrected chi connectivity index (χ0v) is 17.1. The second kappa shape index (κ2) is 11.5. The highest BCUT2D eigenvalue weighted by atomic mass is 19.1. The van der Waals surface area contributed by atoms with Gasteiger partial charge in [-0.1, -0.05) is 38.5 Å². The van der Waals surface area contributed by atoms with Crippen LogP contribution in [0.4, 0.5) is 20.6 Å². The van der Waals surface area contributed by atoms with Gasteiger partial charge in [0.1, 0.15) is 11.9 Å². The summed E-state index contributed by atoms with van der Waals surface area (Å²) in [6, 6.07) is 11.4. The van der Waals surface area contributed by atoms with Gasteiger partial charge in [-0.05, 0) is 42.3 Å². The van der Waals surface area contributed by atoms with Crippen molar-refractivity contribution in [2.75, 3.05) is 10.6 Å². The number of carbonyl (C=O) groups is 3. The van der Waals surface area contributed by atoms with Gasteiger partial charge in [0.2, 0.25) is 11.8 Å². The molecule has 2 aromatic carbocycles. The standard InChI is InChI=1S/C22H27FN4O3/c1-3-6-19(27-22(30)24-14-15-9-11-16(23)12-10-15)21(29)26-18-8-5-7-17(13-18)25-20(28)4-2/h5,7-13,19H,3-4,6,14H2,1-2H3,(H,25,28)(H,26,29)(H2,24,27,30). The normalized spacial score (nSPS) is 11.3. The molecule has 30 heavy (non-hydrogen) atoms. The van der Waals surface area contributed by atoms with Crippen LogP contribution in [0.1, 0.15) is 38.7 Å². The Morgan fingerprint density at radius 3 is 2.27 bits per heavy atom. The third-order valence-electron chi connectivity index (χ3n) is 4.30. The lowest BCUT2D eigenvalue weighted by atomic mass is 10.1. The molecule has 7 nitrogen and oxygen atoms in total. The maximum Gasteiger partial charge on any atom is 0.315 e. The van der Waals surface area contributed by atoms with Crippen LogP contribution < -0.4 is 21.3 Å². The van der Waals surface area contributed by atoms with Gasteiger partial charge in [0.05, 0.1) is 0 Å². The molecule has 0 bridgehead atoms. The van der Waals surface area contributed by atoms with Crippen molar-refractivity contribution in [1.29, 1.82) is 0 Å². The van der Waals surface area contributed by atoms with Crippen molar-refractivity contribution in [1.82, 2.24) is 10.6 Å². The van der Waals surface area contributed by atoms with Crippen LogP contribution in [0.5, 0.6) is 0 Å². The lowest BCUT2D eigenvalue weighted by Gasteiger charge is -2.18. The molecule has 160 valence electrons. The molecule has 0 aliphatic heterocycles. The van der Waals surface area contributed by atoms with E-state index < -0.39 is 12.1 Å². The highest BCUT2D eigenvalue weighted by Gasteiger charge is 2.20. The van der Waals surface area contributed by atoms with E-state index in [4.69, 9.17) is 0 Å². The Balaban J connectivity index is 1.93. The molecule has 2 aromatic rings. The number of hydrogen-bond donors (Lipinski definition) is 4. The smallest absolute Gasteiger partial charge is 0.315 e. The Morgan fingerprint density at radius 1 is 0.967 bits per heavy atom. The Hall–Kier alpha value is -3.42. The molecule has 0 saturated heterocycles. The predicted octanol–water partition coefficient (Wildman–Crippen LogP) is 3.78. The molecule has 2 rings (SSSR count). The minimum Gasteiger partial charge on any atom is -0.334 e. The number of anilines is 2. The molecule has 0 fully saturated rings. The average molecular weight is 414 g/mol. The summed E-state index contributed by atoms with van der Waals surface area (Å²) in [4.78, 5) is 36.4. The zero-order chi connectivity index (χ0) is 21.9. The molecule has 0 radical (unpaired) electrons. The van der Waals surface area contributed by atoms with Crippen LogP contribution in [0.3, 0.4) is 0 Å². The monoisotopic (exact) mass is 414 g/mol. The van der Waals surface area contributed by atoms with E-state index in [1.54, 1.807) is 43.3 Å². The van der Waals surface area contributed by atoms with Crippen LogP contribution in [-0.4, -0.2) is 23.9 Å². The van der Waals surface area contributed by atoms with Gasteiger partial charge >= 0.3 is 6.03 Å². The topological polar surface area (TPSA) is 99.3 Å². The maximum atomic E-state index is 13.0. The zero-order valence-electron chi connectivity index (χ0n) is 17.1. The largest absolute Gasteiger partial charge is 0.334 e. The molecule has 4 amide bonds. The average Bonchev–Trinajstić information content (AvgIpc) is 2.73. The van der Waals surface area contributed by atoms with E-state index in [1.165, 1.54) is 12.1 Å². The second-order valence-corrected chi connectivity index (χ2v) is 6.77. The summed E-state index contributed by atoms with van der Waals surface area (Å²) in [7, 11) is 0. The number of halogens is 1. The maximum absolute atomic E-state index is 13.0. The molecule has 4 N–H and O–H groups in total. The Bertz CT molecular complexity index is 871. The Labute approximate surface area is 175 Å². The number of benzene rings is 2. The Morgan fingerprint density at radius 2 is 1.63 bits per heavy atom. The summed E-state index contributed by atoms with van der Waals surface area (Å²) in [5, 5.41) is 10.8. The fourth-order valence-corrected chi connectivity index (χ4v) is 2.70. The van der Waals surface area contributed by atoms with Crippen LogP contribution >= 0.6 is 0 Å². The third kappa shape index (κ3) is 7.54. The van der Waals surface area contributed by atoms with E-state index in [0.29, 0.717) is 30.6 Å². The van der Waals surface area contributed by atoms with E-state index in [9.17, 15) is 18.8 Å². The van der Waals surface area contributed by atoms with E-state index in [2.05, 4.69) is 21.3 Å². The van der Waals surface area contributed by atoms with Crippen LogP contribution in [0, 0.1) is 5.82 Å². The first kappa shape index (κ1) is 22.9. The van der Waals surface area contributed by atoms with Crippen molar-refractivity contribution in [2.24, 2.45) is 0 Å². The molecular weight excluding hydrogens is 387 g/mol. The molecule has 0 heterocycles. The van der Waals surface area contributed by atoms with Gasteiger partial charge in [0.25, 0.3) is 0 Å². The Kier molecular flexibility index (Phi) is 8.80. The first-order valence-electron chi connectivity index (χ1n) is 9.90. The van der Waals surface area contributed by atoms with Gasteiger partial charge in [0, 0.05) is 24.3 Å². The minimum atomic E-state index is -0.725. The summed E-state index contributed by atoms with van der Waals surface area (Å²) in [6.45, 7) is 3.88. The summed E-state index contributed by atoms with van der Waals surface area (Å²) in [5.41, 5.74) is 1.84. The van der Waals surface area contributed by atoms with Crippen LogP contribution in [0.15, 0.2) is 48.5 Å². The molecule has 1 unspecified atom stereocenters. The number of urea groups is 1. The van der Waals surface area contributed by atoms with Crippen molar-refractivity contribution in [3.05, 3.63) is 59.9 Å². The van der Waals surface area contributed by atoms with Crippen LogP contribution in [0.2, 0.25) is 0 Å². The third-order valence-corrected chi connectivity index (χ3v) is 4.30. The van der Waals surface area contributed by atoms with Gasteiger partial charge < -0.3 is 21.3 Å². The van der Waals surface area contributed by atoms with Crippen molar-refractivity contribution in [3.63, 3.8) is 0 Å². The van der Waals surface area contributed by atoms with Crippen LogP contribution in [-0.2, 0) is 16.1 Å². The first-order valence-corrected chi connectivity index (χ1v) is 9.90. The SMILES string of the molecule is CCCC(NC(=O)NCc1ccc(F)cc1)C(=O)Nc1cccc(NC(=O)CC)c1. The lowest BCUT2D eigenvalue weighted by molar-refractivity contribution is -0.118. The van der Waals surface area contributed by atoms with Crippen LogP contribution in [0.25, 0.3) is 0 Å². The van der Waals surface area contributed by atoms with Gasteiger partial charge in [0.15, 0.2) is 0 Å². The molecule has 0 aliphatic carbocycles. The fourth-order valence-electron chi connectivity index (χ4n) is 2.70. The van der Waals surface area contributed by atoms with E-state index in [0.717, 1.165) is 5.56 Å². The quantitative estimate of drug-likeness (QED) is 0.502. The number of rotatable bonds is 9. The van der Waals surface area contributed by atoms with Crippen molar-refractivity contribution >= 4 is 29.2 Å². The molecule has 0 aromatic heterocycles. The molecular formula is C22H27FN4O3. The first-order chi connectivity index (χ1) is 14.4. The highest BCUT2D eigenvalue weighted by Crippen LogP contribution is 2.16. The predicted molar refractivity (Wildman–Crippen MR) is 114 cm³/mol. The van der Waals surface area contributed by atoms with Crippen molar-refractivity contribution in [3.8, 4) is 0 Å². The number of nitrogens with one attached hydrogen (secondary N) is 4. The van der Waals surface area contributed by atoms with E-state index in [1.807, 2.05) is 6.92 Å². The fraction of sp³-hybridized carbons (Fsp3) is 0.318. The van der Waals surface area contributed by atoms with Crippen molar-refractivity contribution < 1.29 is 18.8 Å². The van der Waals surface area contributed by atoms with Gasteiger partial charge in [-0.3, -0.25) is 9.59 Å². The molecule has 8 heteroatoms. The van der Waals surface area contributed by atoms with Gasteiger partial charge in [-0.15, -0.1) is 0 Å². The van der Waals surface area contributed by atoms with Gasteiger partial charge in [-0.25, -0.2) is 9.18 Å². The minimum absolute atomic E-state index is 0.123. The van der Waals surface area contributed by atoms with E-state index >= 15 is 0 Å². The second-order valence-electron chi connectivity index (χ2n) is 6.77. The van der Waals surface area contributed by atoms with Crippen molar-refractivity contribution in [2.45, 2.75) is 45.7 Å². The summed E-state index contributed by atoms with van der Waals surface area (Å²) in [5.74, 6) is -0.823. The summed E-state index contributed by atoms with van der Waals surface area (Å²) < 4.78 is 13.0.